The van der Waals surface area contributed by atoms with Gasteiger partial charge in [0.25, 0.3) is 5.91 Å². The number of hydrazine groups is 1. The highest BCUT2D eigenvalue weighted by Crippen LogP contribution is 2.32. The van der Waals surface area contributed by atoms with Crippen molar-refractivity contribution in [1.82, 2.24) is 10.4 Å². The molecule has 1 heterocycles. The molecule has 1 aromatic rings. The Labute approximate surface area is 128 Å². The molecule has 0 spiro atoms. The van der Waals surface area contributed by atoms with Gasteiger partial charge in [0, 0.05) is 13.2 Å². The molecule has 0 aliphatic rings. The third-order valence-corrected chi connectivity index (χ3v) is 2.81. The number of pyridine rings is 1. The Morgan fingerprint density at radius 1 is 1.55 bits per heavy atom. The Morgan fingerprint density at radius 2 is 2.14 bits per heavy atom. The number of halogens is 4. The Balaban J connectivity index is 3.08. The summed E-state index contributed by atoms with van der Waals surface area (Å²) < 4.78 is 37.6. The molecular weight excluding hydrogens is 323 g/mol. The summed E-state index contributed by atoms with van der Waals surface area (Å²) in [7, 11) is 1.40. The molecule has 10 heteroatoms. The Hall–Kier alpha value is -2.47. The average molecular weight is 334 g/mol. The first kappa shape index (κ1) is 17.6. The van der Waals surface area contributed by atoms with Crippen LogP contribution in [0.5, 0.6) is 0 Å². The zero-order valence-electron chi connectivity index (χ0n) is 11.5. The normalized spacial score (nSPS) is 12.2. The van der Waals surface area contributed by atoms with E-state index < -0.39 is 17.6 Å². The molecule has 0 unspecified atom stereocenters. The van der Waals surface area contributed by atoms with Crippen molar-refractivity contribution in [3.05, 3.63) is 34.1 Å². The molecule has 3 N–H and O–H groups in total. The fourth-order valence-electron chi connectivity index (χ4n) is 1.52. The quantitative estimate of drug-likeness (QED) is 0.499. The molecule has 0 radical (unpaired) electrons. The number of anilines is 1. The molecule has 1 aromatic heterocycles. The highest BCUT2D eigenvalue weighted by molar-refractivity contribution is 6.33. The number of alkyl halides is 3. The van der Waals surface area contributed by atoms with Crippen molar-refractivity contribution in [2.45, 2.75) is 13.1 Å². The lowest BCUT2D eigenvalue weighted by Gasteiger charge is -2.22. The van der Waals surface area contributed by atoms with Gasteiger partial charge in [0.05, 0.1) is 16.3 Å². The summed E-state index contributed by atoms with van der Waals surface area (Å²) in [5.74, 6) is -0.955. The van der Waals surface area contributed by atoms with Crippen LogP contribution in [0.1, 0.15) is 12.5 Å². The van der Waals surface area contributed by atoms with E-state index in [-0.39, 0.29) is 22.1 Å². The highest BCUT2D eigenvalue weighted by atomic mass is 35.5. The van der Waals surface area contributed by atoms with Gasteiger partial charge in [-0.05, 0) is 13.0 Å². The molecule has 0 fully saturated rings. The number of nitrogens with one attached hydrogen (secondary N) is 1. The van der Waals surface area contributed by atoms with Gasteiger partial charge in [-0.2, -0.15) is 18.4 Å². The van der Waals surface area contributed by atoms with Crippen molar-refractivity contribution < 1.29 is 18.0 Å². The number of allylic oxidation sites excluding steroid dienone is 1. The first-order valence-corrected chi connectivity index (χ1v) is 6.09. The van der Waals surface area contributed by atoms with Crippen molar-refractivity contribution in [1.29, 1.82) is 5.26 Å². The molecule has 22 heavy (non-hydrogen) atoms. The third-order valence-electron chi connectivity index (χ3n) is 2.54. The summed E-state index contributed by atoms with van der Waals surface area (Å²) >= 11 is 5.77. The number of primary amides is 1. The second-order valence-corrected chi connectivity index (χ2v) is 4.58. The van der Waals surface area contributed by atoms with Crippen LogP contribution in [0.25, 0.3) is 0 Å². The number of carbonyl (C=O) groups is 1. The van der Waals surface area contributed by atoms with Crippen LogP contribution in [0.2, 0.25) is 5.02 Å². The molecule has 0 saturated carbocycles. The van der Waals surface area contributed by atoms with E-state index in [9.17, 15) is 18.0 Å². The van der Waals surface area contributed by atoms with Gasteiger partial charge in [0.1, 0.15) is 11.6 Å². The maximum absolute atomic E-state index is 12.5. The lowest BCUT2D eigenvalue weighted by molar-refractivity contribution is -0.137. The van der Waals surface area contributed by atoms with Crippen LogP contribution in [0.4, 0.5) is 19.0 Å². The molecule has 1 rings (SSSR count). The van der Waals surface area contributed by atoms with E-state index in [1.54, 1.807) is 6.07 Å². The van der Waals surface area contributed by atoms with Gasteiger partial charge in [-0.1, -0.05) is 11.6 Å². The number of amides is 1. The number of rotatable bonds is 4. The van der Waals surface area contributed by atoms with Gasteiger partial charge in [0.2, 0.25) is 0 Å². The Bertz CT molecular complexity index is 666. The summed E-state index contributed by atoms with van der Waals surface area (Å²) in [6, 6.07) is 2.34. The highest BCUT2D eigenvalue weighted by Gasteiger charge is 2.31. The van der Waals surface area contributed by atoms with Crippen molar-refractivity contribution in [3.8, 4) is 6.07 Å². The smallest absolute Gasteiger partial charge is 0.365 e. The minimum Gasteiger partial charge on any atom is -0.365 e. The minimum absolute atomic E-state index is 0.0178. The van der Waals surface area contributed by atoms with Gasteiger partial charge >= 0.3 is 6.18 Å². The molecule has 0 aliphatic heterocycles. The van der Waals surface area contributed by atoms with Crippen molar-refractivity contribution >= 4 is 23.3 Å². The van der Waals surface area contributed by atoms with Crippen LogP contribution < -0.4 is 16.2 Å². The van der Waals surface area contributed by atoms with Crippen molar-refractivity contribution in [2.24, 2.45) is 5.73 Å². The molecule has 118 valence electrons. The van der Waals surface area contributed by atoms with Crippen molar-refractivity contribution in [2.75, 3.05) is 12.1 Å². The molecule has 0 saturated heterocycles. The van der Waals surface area contributed by atoms with Crippen LogP contribution in [0, 0.1) is 11.3 Å². The maximum Gasteiger partial charge on any atom is 0.417 e. The number of nitrogens with two attached hydrogens (primary N) is 1. The standard InChI is InChI=1S/C12H11ClF3N5O/c1-6(8(4-17)10(18)22)20-21(2)11-9(13)3-7(5-19-11)12(14,15)16/h3,5,20H,1-2H3,(H2,18,22)/b8-6+. The number of nitrogens with zero attached hydrogens (tertiary/aromatic N) is 3. The first-order valence-electron chi connectivity index (χ1n) is 5.71. The third kappa shape index (κ3) is 4.02. The van der Waals surface area contributed by atoms with Crippen LogP contribution in [0.3, 0.4) is 0 Å². The van der Waals surface area contributed by atoms with E-state index in [2.05, 4.69) is 10.4 Å². The molecule has 0 aromatic carbocycles. The molecule has 1 amide bonds. The molecule has 0 bridgehead atoms. The first-order chi connectivity index (χ1) is 10.1. The number of carbonyl (C=O) groups excluding carboxylic acids is 1. The lowest BCUT2D eigenvalue weighted by atomic mass is 10.2. The number of aromatic nitrogens is 1. The fourth-order valence-corrected chi connectivity index (χ4v) is 1.81. The molecular formula is C12H11ClF3N5O. The zero-order valence-corrected chi connectivity index (χ0v) is 12.2. The van der Waals surface area contributed by atoms with Crippen molar-refractivity contribution in [3.63, 3.8) is 0 Å². The van der Waals surface area contributed by atoms with Gasteiger partial charge in [0.15, 0.2) is 5.82 Å². The minimum atomic E-state index is -4.56. The monoisotopic (exact) mass is 333 g/mol. The summed E-state index contributed by atoms with van der Waals surface area (Å²) in [5.41, 5.74) is 6.40. The second-order valence-electron chi connectivity index (χ2n) is 4.17. The zero-order chi connectivity index (χ0) is 17.1. The van der Waals surface area contributed by atoms with Crippen LogP contribution in [-0.2, 0) is 11.0 Å². The topological polar surface area (TPSA) is 95.0 Å². The number of hydrogen-bond acceptors (Lipinski definition) is 5. The van der Waals surface area contributed by atoms with Gasteiger partial charge in [-0.25, -0.2) is 4.98 Å². The predicted molar refractivity (Wildman–Crippen MR) is 73.3 cm³/mol. The molecule has 0 aliphatic carbocycles. The summed E-state index contributed by atoms with van der Waals surface area (Å²) in [4.78, 5) is 14.6. The number of nitriles is 1. The van der Waals surface area contributed by atoms with E-state index in [0.717, 1.165) is 11.1 Å². The van der Waals surface area contributed by atoms with E-state index >= 15 is 0 Å². The summed E-state index contributed by atoms with van der Waals surface area (Å²) in [6.45, 7) is 1.40. The van der Waals surface area contributed by atoms with E-state index in [4.69, 9.17) is 22.6 Å². The lowest BCUT2D eigenvalue weighted by Crippen LogP contribution is -2.35. The van der Waals surface area contributed by atoms with Crippen LogP contribution >= 0.6 is 11.6 Å². The van der Waals surface area contributed by atoms with E-state index in [1.165, 1.54) is 14.0 Å². The van der Waals surface area contributed by atoms with Gasteiger partial charge in [-0.3, -0.25) is 9.80 Å². The summed E-state index contributed by atoms with van der Waals surface area (Å²) in [5, 5.41) is 9.71. The largest absolute Gasteiger partial charge is 0.417 e. The summed E-state index contributed by atoms with van der Waals surface area (Å²) in [6.07, 6.45) is -3.94. The molecule has 6 nitrogen and oxygen atoms in total. The predicted octanol–water partition coefficient (Wildman–Crippen LogP) is 1.98. The average Bonchev–Trinajstić information content (AvgIpc) is 2.37. The SMILES string of the molecule is C/C(NN(C)c1ncc(C(F)(F)F)cc1Cl)=C(/C#N)C(N)=O. The van der Waals surface area contributed by atoms with E-state index in [1.807, 2.05) is 0 Å². The van der Waals surface area contributed by atoms with Crippen LogP contribution in [-0.4, -0.2) is 17.9 Å². The Kier molecular flexibility index (Phi) is 5.22. The van der Waals surface area contributed by atoms with Gasteiger partial charge in [-0.15, -0.1) is 0 Å². The fraction of sp³-hybridized carbons (Fsp3) is 0.250. The van der Waals surface area contributed by atoms with Crippen LogP contribution in [0.15, 0.2) is 23.5 Å². The molecule has 0 atom stereocenters. The Morgan fingerprint density at radius 3 is 2.55 bits per heavy atom. The number of hydrogen-bond donors (Lipinski definition) is 2. The van der Waals surface area contributed by atoms with E-state index in [0.29, 0.717) is 6.20 Å². The maximum atomic E-state index is 12.5. The second kappa shape index (κ2) is 6.53. The van der Waals surface area contributed by atoms with Gasteiger partial charge < -0.3 is 11.2 Å².